The largest absolute Gasteiger partial charge is 0.334 e. The van der Waals surface area contributed by atoms with Crippen molar-refractivity contribution in [3.05, 3.63) is 125 Å². The van der Waals surface area contributed by atoms with E-state index in [1.54, 1.807) is 42.7 Å². The second kappa shape index (κ2) is 11.7. The lowest BCUT2D eigenvalue weighted by molar-refractivity contribution is 0.251. The van der Waals surface area contributed by atoms with Crippen LogP contribution in [0, 0.1) is 11.6 Å². The summed E-state index contributed by atoms with van der Waals surface area (Å²) in [7, 11) is -4.02. The monoisotopic (exact) mass is 522 g/mol. The highest BCUT2D eigenvalue weighted by molar-refractivity contribution is 7.89. The number of hydrogen-bond acceptors (Lipinski definition) is 4. The number of sulfonamides is 1. The molecule has 37 heavy (non-hydrogen) atoms. The Balaban J connectivity index is 1.55. The molecule has 0 aliphatic rings. The SMILES string of the molecule is O=C(NCc1ccncc1)Nc1ccc(S(=O)(=O)NCc2ccc(F)cc2)c(Cc2ccccc2F)c1. The molecule has 2 amide bonds. The Morgan fingerprint density at radius 2 is 1.51 bits per heavy atom. The third kappa shape index (κ3) is 7.18. The van der Waals surface area contributed by atoms with E-state index in [4.69, 9.17) is 0 Å². The van der Waals surface area contributed by atoms with Gasteiger partial charge in [0, 0.05) is 37.6 Å². The van der Waals surface area contributed by atoms with Gasteiger partial charge in [0.25, 0.3) is 0 Å². The van der Waals surface area contributed by atoms with Gasteiger partial charge < -0.3 is 10.6 Å². The normalized spacial score (nSPS) is 11.2. The van der Waals surface area contributed by atoms with Crippen molar-refractivity contribution in [2.24, 2.45) is 0 Å². The number of nitrogens with one attached hydrogen (secondary N) is 3. The molecule has 0 bridgehead atoms. The number of urea groups is 1. The third-order valence-electron chi connectivity index (χ3n) is 5.53. The van der Waals surface area contributed by atoms with Crippen LogP contribution in [-0.2, 0) is 29.5 Å². The molecule has 0 atom stereocenters. The molecule has 0 aliphatic carbocycles. The van der Waals surface area contributed by atoms with E-state index in [1.807, 2.05) is 0 Å². The molecule has 0 saturated heterocycles. The van der Waals surface area contributed by atoms with Gasteiger partial charge in [-0.25, -0.2) is 26.7 Å². The molecule has 4 aromatic rings. The van der Waals surface area contributed by atoms with E-state index in [1.165, 1.54) is 48.5 Å². The lowest BCUT2D eigenvalue weighted by atomic mass is 10.0. The van der Waals surface area contributed by atoms with E-state index >= 15 is 0 Å². The van der Waals surface area contributed by atoms with Crippen LogP contribution in [0.1, 0.15) is 22.3 Å². The predicted octanol–water partition coefficient (Wildman–Crippen LogP) is 4.75. The third-order valence-corrected chi connectivity index (χ3v) is 7.03. The number of amides is 2. The maximum atomic E-state index is 14.4. The number of benzene rings is 3. The smallest absolute Gasteiger partial charge is 0.319 e. The van der Waals surface area contributed by atoms with Gasteiger partial charge in [-0.1, -0.05) is 30.3 Å². The van der Waals surface area contributed by atoms with Crippen LogP contribution in [0.3, 0.4) is 0 Å². The van der Waals surface area contributed by atoms with Crippen molar-refractivity contribution in [2.45, 2.75) is 24.4 Å². The minimum atomic E-state index is -4.02. The minimum Gasteiger partial charge on any atom is -0.334 e. The molecular weight excluding hydrogens is 498 g/mol. The van der Waals surface area contributed by atoms with Crippen molar-refractivity contribution in [3.8, 4) is 0 Å². The molecule has 3 N–H and O–H groups in total. The zero-order chi connectivity index (χ0) is 26.3. The number of carbonyl (C=O) groups excluding carboxylic acids is 1. The minimum absolute atomic E-state index is 0.0202. The number of rotatable bonds is 9. The molecule has 190 valence electrons. The van der Waals surface area contributed by atoms with E-state index in [0.717, 1.165) is 5.56 Å². The molecule has 0 unspecified atom stereocenters. The number of pyridine rings is 1. The van der Waals surface area contributed by atoms with Crippen LogP contribution in [0.2, 0.25) is 0 Å². The van der Waals surface area contributed by atoms with Gasteiger partial charge in [-0.05, 0) is 70.8 Å². The summed E-state index contributed by atoms with van der Waals surface area (Å²) in [5.41, 5.74) is 2.38. The Kier molecular flexibility index (Phi) is 8.22. The maximum absolute atomic E-state index is 14.4. The number of aromatic nitrogens is 1. The quantitative estimate of drug-likeness (QED) is 0.295. The Labute approximate surface area is 213 Å². The first-order chi connectivity index (χ1) is 17.8. The fourth-order valence-corrected chi connectivity index (χ4v) is 4.86. The first-order valence-electron chi connectivity index (χ1n) is 11.3. The summed E-state index contributed by atoms with van der Waals surface area (Å²) in [4.78, 5) is 16.3. The van der Waals surface area contributed by atoms with Crippen LogP contribution in [-0.4, -0.2) is 19.4 Å². The van der Waals surface area contributed by atoms with Crippen LogP contribution in [0.25, 0.3) is 0 Å². The van der Waals surface area contributed by atoms with Crippen molar-refractivity contribution >= 4 is 21.7 Å². The number of carbonyl (C=O) groups is 1. The fourth-order valence-electron chi connectivity index (χ4n) is 3.62. The number of nitrogens with zero attached hydrogens (tertiary/aromatic N) is 1. The average molecular weight is 523 g/mol. The fraction of sp³-hybridized carbons (Fsp3) is 0.111. The van der Waals surface area contributed by atoms with E-state index < -0.39 is 27.7 Å². The molecule has 0 radical (unpaired) electrons. The first kappa shape index (κ1) is 25.9. The molecule has 7 nitrogen and oxygen atoms in total. The zero-order valence-electron chi connectivity index (χ0n) is 19.6. The van der Waals surface area contributed by atoms with Crippen molar-refractivity contribution in [3.63, 3.8) is 0 Å². The molecule has 1 heterocycles. The van der Waals surface area contributed by atoms with Crippen LogP contribution >= 0.6 is 0 Å². The Morgan fingerprint density at radius 1 is 0.811 bits per heavy atom. The van der Waals surface area contributed by atoms with Crippen molar-refractivity contribution in [2.75, 3.05) is 5.32 Å². The zero-order valence-corrected chi connectivity index (χ0v) is 20.4. The summed E-state index contributed by atoms with van der Waals surface area (Å²) in [6.45, 7) is 0.218. The topological polar surface area (TPSA) is 100 Å². The van der Waals surface area contributed by atoms with Crippen LogP contribution in [0.15, 0.2) is 96.2 Å². The maximum Gasteiger partial charge on any atom is 0.319 e. The molecule has 0 aliphatic heterocycles. The molecule has 4 rings (SSSR count). The Bertz CT molecular complexity index is 1480. The van der Waals surface area contributed by atoms with Crippen molar-refractivity contribution < 1.29 is 22.0 Å². The van der Waals surface area contributed by atoms with E-state index in [0.29, 0.717) is 22.4 Å². The summed E-state index contributed by atoms with van der Waals surface area (Å²) in [6, 6.07) is 18.9. The summed E-state index contributed by atoms with van der Waals surface area (Å²) in [5.74, 6) is -0.898. The second-order valence-electron chi connectivity index (χ2n) is 8.20. The van der Waals surface area contributed by atoms with E-state index in [-0.39, 0.29) is 24.4 Å². The van der Waals surface area contributed by atoms with Gasteiger partial charge in [0.05, 0.1) is 4.90 Å². The number of anilines is 1. The summed E-state index contributed by atoms with van der Waals surface area (Å²) in [5, 5.41) is 5.40. The van der Waals surface area contributed by atoms with Gasteiger partial charge in [-0.3, -0.25) is 4.98 Å². The highest BCUT2D eigenvalue weighted by Gasteiger charge is 2.20. The summed E-state index contributed by atoms with van der Waals surface area (Å²) in [6.07, 6.45) is 3.22. The average Bonchev–Trinajstić information content (AvgIpc) is 2.89. The Morgan fingerprint density at radius 3 is 2.24 bits per heavy atom. The molecule has 0 spiro atoms. The number of halogens is 2. The van der Waals surface area contributed by atoms with E-state index in [2.05, 4.69) is 20.3 Å². The molecule has 10 heteroatoms. The number of hydrogen-bond donors (Lipinski definition) is 3. The van der Waals surface area contributed by atoms with Crippen LogP contribution in [0.5, 0.6) is 0 Å². The van der Waals surface area contributed by atoms with Gasteiger partial charge in [0.2, 0.25) is 10.0 Å². The highest BCUT2D eigenvalue weighted by Crippen LogP contribution is 2.25. The molecular formula is C27H24F2N4O3S. The highest BCUT2D eigenvalue weighted by atomic mass is 32.2. The first-order valence-corrected chi connectivity index (χ1v) is 12.8. The van der Waals surface area contributed by atoms with Gasteiger partial charge in [0.15, 0.2) is 0 Å². The van der Waals surface area contributed by atoms with Gasteiger partial charge >= 0.3 is 6.03 Å². The predicted molar refractivity (Wildman–Crippen MR) is 136 cm³/mol. The summed E-state index contributed by atoms with van der Waals surface area (Å²) >= 11 is 0. The Hall–Kier alpha value is -4.15. The second-order valence-corrected chi connectivity index (χ2v) is 9.94. The van der Waals surface area contributed by atoms with Crippen molar-refractivity contribution in [1.82, 2.24) is 15.0 Å². The molecule has 3 aromatic carbocycles. The van der Waals surface area contributed by atoms with Crippen LogP contribution in [0.4, 0.5) is 19.3 Å². The lowest BCUT2D eigenvalue weighted by Crippen LogP contribution is -2.28. The standard InChI is InChI=1S/C27H24F2N4O3S/c28-23-7-5-19(6-8-23)18-32-37(35,36)26-10-9-24(16-22(26)15-21-3-1-2-4-25(21)29)33-27(34)31-17-20-11-13-30-14-12-20/h1-14,16,32H,15,17-18H2,(H2,31,33,34). The molecule has 0 fully saturated rings. The molecule has 0 saturated carbocycles. The van der Waals surface area contributed by atoms with Gasteiger partial charge in [-0.2, -0.15) is 0 Å². The molecule has 1 aromatic heterocycles. The summed E-state index contributed by atoms with van der Waals surface area (Å²) < 4.78 is 56.4. The van der Waals surface area contributed by atoms with Crippen LogP contribution < -0.4 is 15.4 Å². The van der Waals surface area contributed by atoms with Gasteiger partial charge in [-0.15, -0.1) is 0 Å². The van der Waals surface area contributed by atoms with Gasteiger partial charge in [0.1, 0.15) is 11.6 Å². The van der Waals surface area contributed by atoms with E-state index in [9.17, 15) is 22.0 Å². The van der Waals surface area contributed by atoms with Crippen molar-refractivity contribution in [1.29, 1.82) is 0 Å². The lowest BCUT2D eigenvalue weighted by Gasteiger charge is -2.15.